The second kappa shape index (κ2) is 5.79. The maximum atomic E-state index is 4.61. The molecule has 0 amide bonds. The van der Waals surface area contributed by atoms with E-state index in [1.807, 2.05) is 16.9 Å². The molecular formula is C15H23N5. The van der Waals surface area contributed by atoms with Crippen LogP contribution in [0.1, 0.15) is 44.7 Å². The highest BCUT2D eigenvalue weighted by atomic mass is 15.2. The van der Waals surface area contributed by atoms with Gasteiger partial charge in [0.05, 0.1) is 5.69 Å². The number of rotatable bonds is 3. The fourth-order valence-electron chi connectivity index (χ4n) is 2.67. The van der Waals surface area contributed by atoms with Crippen molar-refractivity contribution in [1.29, 1.82) is 0 Å². The van der Waals surface area contributed by atoms with Gasteiger partial charge in [0.25, 0.3) is 0 Å². The highest BCUT2D eigenvalue weighted by molar-refractivity contribution is 5.68. The molecule has 2 aromatic rings. The normalized spacial score (nSPS) is 20.2. The fourth-order valence-corrected chi connectivity index (χ4v) is 2.67. The SMILES string of the molecule is CC(C)c1cc2c(NC3CCCCNC3)nccn2n1. The van der Waals surface area contributed by atoms with Gasteiger partial charge in [0.2, 0.25) is 0 Å². The summed E-state index contributed by atoms with van der Waals surface area (Å²) < 4.78 is 1.93. The predicted octanol–water partition coefficient (Wildman–Crippen LogP) is 2.41. The molecule has 3 heterocycles. The van der Waals surface area contributed by atoms with Crippen LogP contribution in [0, 0.1) is 0 Å². The summed E-state index contributed by atoms with van der Waals surface area (Å²) in [6.07, 6.45) is 7.46. The van der Waals surface area contributed by atoms with Crippen molar-refractivity contribution in [3.05, 3.63) is 24.2 Å². The maximum absolute atomic E-state index is 4.61. The minimum atomic E-state index is 0.433. The quantitative estimate of drug-likeness (QED) is 0.901. The van der Waals surface area contributed by atoms with Gasteiger partial charge in [-0.2, -0.15) is 5.10 Å². The second-order valence-electron chi connectivity index (χ2n) is 5.87. The molecule has 1 aliphatic rings. The number of fused-ring (bicyclic) bond motifs is 1. The van der Waals surface area contributed by atoms with Crippen molar-refractivity contribution in [3.63, 3.8) is 0 Å². The molecule has 0 bridgehead atoms. The van der Waals surface area contributed by atoms with Crippen LogP contribution in [0.25, 0.3) is 5.52 Å². The molecule has 2 N–H and O–H groups in total. The molecule has 1 atom stereocenters. The van der Waals surface area contributed by atoms with E-state index >= 15 is 0 Å². The summed E-state index contributed by atoms with van der Waals surface area (Å²) in [5.41, 5.74) is 2.18. The Bertz CT molecular complexity index is 567. The Labute approximate surface area is 119 Å². The van der Waals surface area contributed by atoms with Gasteiger partial charge in [0, 0.05) is 25.0 Å². The molecule has 0 spiro atoms. The Morgan fingerprint density at radius 2 is 2.30 bits per heavy atom. The van der Waals surface area contributed by atoms with Gasteiger partial charge in [0.15, 0.2) is 5.82 Å². The highest BCUT2D eigenvalue weighted by Gasteiger charge is 2.15. The van der Waals surface area contributed by atoms with E-state index in [0.717, 1.165) is 30.1 Å². The van der Waals surface area contributed by atoms with E-state index in [0.29, 0.717) is 12.0 Å². The molecule has 3 rings (SSSR count). The van der Waals surface area contributed by atoms with E-state index in [4.69, 9.17) is 0 Å². The standard InChI is InChI=1S/C15H23N5/c1-11(2)13-9-14-15(17-7-8-20(14)19-13)18-12-5-3-4-6-16-10-12/h7-9,11-12,16H,3-6,10H2,1-2H3,(H,17,18). The minimum absolute atomic E-state index is 0.433. The van der Waals surface area contributed by atoms with Crippen LogP contribution in [0.2, 0.25) is 0 Å². The Kier molecular flexibility index (Phi) is 3.87. The number of hydrogen-bond donors (Lipinski definition) is 2. The molecule has 1 aliphatic heterocycles. The molecule has 0 saturated carbocycles. The molecule has 108 valence electrons. The number of hydrogen-bond acceptors (Lipinski definition) is 4. The third kappa shape index (κ3) is 2.77. The zero-order valence-corrected chi connectivity index (χ0v) is 12.3. The zero-order valence-electron chi connectivity index (χ0n) is 12.3. The van der Waals surface area contributed by atoms with Crippen LogP contribution in [-0.4, -0.2) is 33.7 Å². The van der Waals surface area contributed by atoms with E-state index in [2.05, 4.69) is 40.6 Å². The van der Waals surface area contributed by atoms with Crippen LogP contribution in [0.3, 0.4) is 0 Å². The maximum Gasteiger partial charge on any atom is 0.152 e. The van der Waals surface area contributed by atoms with Gasteiger partial charge >= 0.3 is 0 Å². The van der Waals surface area contributed by atoms with Gasteiger partial charge in [-0.25, -0.2) is 9.50 Å². The molecular weight excluding hydrogens is 250 g/mol. The Balaban J connectivity index is 1.86. The topological polar surface area (TPSA) is 54.2 Å². The molecule has 1 unspecified atom stereocenters. The number of nitrogens with zero attached hydrogens (tertiary/aromatic N) is 3. The molecule has 0 radical (unpaired) electrons. The van der Waals surface area contributed by atoms with Crippen molar-refractivity contribution in [2.24, 2.45) is 0 Å². The molecule has 20 heavy (non-hydrogen) atoms. The van der Waals surface area contributed by atoms with Gasteiger partial charge < -0.3 is 10.6 Å². The highest BCUT2D eigenvalue weighted by Crippen LogP contribution is 2.21. The van der Waals surface area contributed by atoms with Crippen LogP contribution in [-0.2, 0) is 0 Å². The predicted molar refractivity (Wildman–Crippen MR) is 81.2 cm³/mol. The molecule has 5 nitrogen and oxygen atoms in total. The van der Waals surface area contributed by atoms with E-state index in [9.17, 15) is 0 Å². The summed E-state index contributed by atoms with van der Waals surface area (Å²) in [4.78, 5) is 4.50. The van der Waals surface area contributed by atoms with Gasteiger partial charge in [-0.1, -0.05) is 20.3 Å². The minimum Gasteiger partial charge on any atom is -0.364 e. The van der Waals surface area contributed by atoms with Crippen molar-refractivity contribution >= 4 is 11.3 Å². The number of nitrogens with one attached hydrogen (secondary N) is 2. The second-order valence-corrected chi connectivity index (χ2v) is 5.87. The van der Waals surface area contributed by atoms with Crippen LogP contribution in [0.5, 0.6) is 0 Å². The molecule has 5 heteroatoms. The Hall–Kier alpha value is -1.62. The van der Waals surface area contributed by atoms with Crippen LogP contribution in [0.4, 0.5) is 5.82 Å². The van der Waals surface area contributed by atoms with Crippen LogP contribution >= 0.6 is 0 Å². The smallest absolute Gasteiger partial charge is 0.152 e. The van der Waals surface area contributed by atoms with Crippen LogP contribution < -0.4 is 10.6 Å². The summed E-state index contributed by atoms with van der Waals surface area (Å²) in [5.74, 6) is 1.38. The first kappa shape index (κ1) is 13.4. The van der Waals surface area contributed by atoms with Gasteiger partial charge in [-0.3, -0.25) is 0 Å². The first-order valence-electron chi connectivity index (χ1n) is 7.55. The summed E-state index contributed by atoms with van der Waals surface area (Å²) in [6, 6.07) is 2.60. The van der Waals surface area contributed by atoms with Crippen LogP contribution in [0.15, 0.2) is 18.5 Å². The molecule has 1 saturated heterocycles. The lowest BCUT2D eigenvalue weighted by Gasteiger charge is -2.17. The summed E-state index contributed by atoms with van der Waals surface area (Å²) in [5, 5.41) is 11.7. The van der Waals surface area contributed by atoms with Gasteiger partial charge in [-0.15, -0.1) is 0 Å². The van der Waals surface area contributed by atoms with Crippen molar-refractivity contribution in [3.8, 4) is 0 Å². The zero-order chi connectivity index (χ0) is 13.9. The Morgan fingerprint density at radius 1 is 1.40 bits per heavy atom. The van der Waals surface area contributed by atoms with E-state index < -0.39 is 0 Å². The summed E-state index contributed by atoms with van der Waals surface area (Å²) in [7, 11) is 0. The lowest BCUT2D eigenvalue weighted by Crippen LogP contribution is -2.31. The van der Waals surface area contributed by atoms with E-state index in [1.165, 1.54) is 19.3 Å². The molecule has 2 aromatic heterocycles. The van der Waals surface area contributed by atoms with Crippen molar-refractivity contribution in [2.75, 3.05) is 18.4 Å². The third-order valence-electron chi connectivity index (χ3n) is 3.89. The average molecular weight is 273 g/mol. The number of anilines is 1. The third-order valence-corrected chi connectivity index (χ3v) is 3.89. The lowest BCUT2D eigenvalue weighted by molar-refractivity contribution is 0.634. The molecule has 0 aliphatic carbocycles. The summed E-state index contributed by atoms with van der Waals surface area (Å²) >= 11 is 0. The lowest BCUT2D eigenvalue weighted by atomic mass is 10.1. The van der Waals surface area contributed by atoms with E-state index in [1.54, 1.807) is 0 Å². The number of aromatic nitrogens is 3. The molecule has 1 fully saturated rings. The average Bonchev–Trinajstić information content (AvgIpc) is 2.72. The Morgan fingerprint density at radius 3 is 3.15 bits per heavy atom. The monoisotopic (exact) mass is 273 g/mol. The van der Waals surface area contributed by atoms with E-state index in [-0.39, 0.29) is 0 Å². The van der Waals surface area contributed by atoms with Crippen molar-refractivity contribution in [2.45, 2.75) is 45.1 Å². The van der Waals surface area contributed by atoms with Gasteiger partial charge in [-0.05, 0) is 31.4 Å². The largest absolute Gasteiger partial charge is 0.364 e. The van der Waals surface area contributed by atoms with Gasteiger partial charge in [0.1, 0.15) is 5.52 Å². The molecule has 0 aromatic carbocycles. The first-order chi connectivity index (χ1) is 9.74. The first-order valence-corrected chi connectivity index (χ1v) is 7.55. The van der Waals surface area contributed by atoms with Crippen molar-refractivity contribution < 1.29 is 0 Å². The summed E-state index contributed by atoms with van der Waals surface area (Å²) in [6.45, 7) is 6.46. The van der Waals surface area contributed by atoms with Crippen molar-refractivity contribution in [1.82, 2.24) is 19.9 Å². The fraction of sp³-hybridized carbons (Fsp3) is 0.600.